The first kappa shape index (κ1) is 8.35. The van der Waals surface area contributed by atoms with Crippen LogP contribution in [0.25, 0.3) is 0 Å². The van der Waals surface area contributed by atoms with Gasteiger partial charge in [-0.25, -0.2) is 0 Å². The van der Waals surface area contributed by atoms with E-state index in [0.717, 1.165) is 5.56 Å². The Hall–Kier alpha value is -1.75. The van der Waals surface area contributed by atoms with Crippen LogP contribution in [-0.2, 0) is 0 Å². The molecule has 0 saturated heterocycles. The van der Waals surface area contributed by atoms with Crippen LogP contribution in [0.2, 0.25) is 0 Å². The normalized spacial score (nSPS) is 9.00. The summed E-state index contributed by atoms with van der Waals surface area (Å²) in [5, 5.41) is 0. The Morgan fingerprint density at radius 3 is 2.67 bits per heavy atom. The third kappa shape index (κ3) is 1.30. The summed E-state index contributed by atoms with van der Waals surface area (Å²) < 4.78 is 0. The molecule has 12 heavy (non-hydrogen) atoms. The molecular weight excluding hydrogens is 150 g/mol. The zero-order chi connectivity index (χ0) is 9.14. The number of benzene rings is 1. The lowest BCUT2D eigenvalue weighted by Crippen LogP contribution is -2.13. The van der Waals surface area contributed by atoms with Gasteiger partial charge < -0.3 is 5.73 Å². The van der Waals surface area contributed by atoms with Crippen molar-refractivity contribution in [3.05, 3.63) is 34.9 Å². The van der Waals surface area contributed by atoms with Crippen molar-refractivity contribution >= 4 is 5.91 Å². The van der Waals surface area contributed by atoms with Crippen LogP contribution in [0.5, 0.6) is 0 Å². The average molecular weight is 159 g/mol. The van der Waals surface area contributed by atoms with Crippen molar-refractivity contribution in [1.29, 1.82) is 0 Å². The van der Waals surface area contributed by atoms with Crippen LogP contribution < -0.4 is 5.73 Å². The number of hydrogen-bond acceptors (Lipinski definition) is 1. The summed E-state index contributed by atoms with van der Waals surface area (Å²) in [4.78, 5) is 10.9. The molecule has 0 aromatic heterocycles. The van der Waals surface area contributed by atoms with E-state index in [4.69, 9.17) is 12.2 Å². The molecule has 1 aromatic rings. The fraction of sp³-hybridized carbons (Fsp3) is 0.100. The Morgan fingerprint density at radius 2 is 2.25 bits per heavy atom. The van der Waals surface area contributed by atoms with Gasteiger partial charge in [-0.05, 0) is 18.6 Å². The molecule has 0 heterocycles. The SMILES string of the molecule is C#Cc1c(C)cccc1C(N)=O. The van der Waals surface area contributed by atoms with Gasteiger partial charge in [0, 0.05) is 5.56 Å². The lowest BCUT2D eigenvalue weighted by atomic mass is 10.0. The molecule has 0 unspecified atom stereocenters. The Morgan fingerprint density at radius 1 is 1.58 bits per heavy atom. The van der Waals surface area contributed by atoms with Crippen molar-refractivity contribution in [1.82, 2.24) is 0 Å². The van der Waals surface area contributed by atoms with E-state index in [9.17, 15) is 4.79 Å². The van der Waals surface area contributed by atoms with Crippen LogP contribution in [0.15, 0.2) is 18.2 Å². The van der Waals surface area contributed by atoms with Gasteiger partial charge >= 0.3 is 0 Å². The highest BCUT2D eigenvalue weighted by Gasteiger charge is 2.06. The Bertz CT molecular complexity index is 361. The Kier molecular flexibility index (Phi) is 2.16. The largest absolute Gasteiger partial charge is 0.366 e. The molecule has 2 nitrogen and oxygen atoms in total. The van der Waals surface area contributed by atoms with Crippen molar-refractivity contribution in [2.75, 3.05) is 0 Å². The van der Waals surface area contributed by atoms with Gasteiger partial charge in [-0.2, -0.15) is 0 Å². The van der Waals surface area contributed by atoms with Gasteiger partial charge in [-0.3, -0.25) is 4.79 Å². The second kappa shape index (κ2) is 3.10. The smallest absolute Gasteiger partial charge is 0.249 e. The van der Waals surface area contributed by atoms with E-state index < -0.39 is 5.91 Å². The summed E-state index contributed by atoms with van der Waals surface area (Å²) in [6, 6.07) is 5.24. The number of aryl methyl sites for hydroxylation is 1. The minimum atomic E-state index is -0.480. The number of primary amides is 1. The molecule has 0 saturated carbocycles. The maximum absolute atomic E-state index is 10.9. The van der Waals surface area contributed by atoms with Crippen LogP contribution in [-0.4, -0.2) is 5.91 Å². The van der Waals surface area contributed by atoms with E-state index >= 15 is 0 Å². The predicted molar refractivity (Wildman–Crippen MR) is 47.6 cm³/mol. The molecule has 2 heteroatoms. The second-order valence-electron chi connectivity index (χ2n) is 2.51. The number of terminal acetylenes is 1. The molecule has 0 spiro atoms. The maximum atomic E-state index is 10.9. The van der Waals surface area contributed by atoms with E-state index in [1.807, 2.05) is 13.0 Å². The van der Waals surface area contributed by atoms with Crippen LogP contribution in [0.1, 0.15) is 21.5 Å². The first-order valence-electron chi connectivity index (χ1n) is 3.53. The summed E-state index contributed by atoms with van der Waals surface area (Å²) in [5.74, 6) is 1.96. The molecule has 0 aliphatic rings. The minimum absolute atomic E-state index is 0.414. The van der Waals surface area contributed by atoms with Crippen LogP contribution in [0.3, 0.4) is 0 Å². The van der Waals surface area contributed by atoms with Gasteiger partial charge in [0.15, 0.2) is 0 Å². The molecule has 0 radical (unpaired) electrons. The lowest BCUT2D eigenvalue weighted by molar-refractivity contribution is 0.1000. The van der Waals surface area contributed by atoms with Gasteiger partial charge in [-0.1, -0.05) is 18.1 Å². The molecule has 1 rings (SSSR count). The summed E-state index contributed by atoms with van der Waals surface area (Å²) in [6.45, 7) is 1.85. The quantitative estimate of drug-likeness (QED) is 0.612. The molecule has 0 aliphatic carbocycles. The standard InChI is InChI=1S/C10H9NO/c1-3-8-7(2)5-4-6-9(8)10(11)12/h1,4-6H,2H3,(H2,11,12). The summed E-state index contributed by atoms with van der Waals surface area (Å²) in [7, 11) is 0. The molecule has 0 fully saturated rings. The van der Waals surface area contributed by atoms with Crippen molar-refractivity contribution in [3.8, 4) is 12.3 Å². The van der Waals surface area contributed by atoms with Crippen molar-refractivity contribution in [3.63, 3.8) is 0 Å². The van der Waals surface area contributed by atoms with Crippen LogP contribution >= 0.6 is 0 Å². The molecule has 60 valence electrons. The van der Waals surface area contributed by atoms with Gasteiger partial charge in [0.2, 0.25) is 5.91 Å². The Labute approximate surface area is 71.4 Å². The first-order chi connectivity index (χ1) is 5.66. The highest BCUT2D eigenvalue weighted by molar-refractivity contribution is 5.95. The van der Waals surface area contributed by atoms with Gasteiger partial charge in [0.1, 0.15) is 0 Å². The zero-order valence-electron chi connectivity index (χ0n) is 6.79. The monoisotopic (exact) mass is 159 g/mol. The summed E-state index contributed by atoms with van der Waals surface area (Å²) >= 11 is 0. The third-order valence-corrected chi connectivity index (χ3v) is 1.68. The van der Waals surface area contributed by atoms with Gasteiger partial charge in [0.05, 0.1) is 5.56 Å². The number of carbonyl (C=O) groups is 1. The number of nitrogens with two attached hydrogens (primary N) is 1. The first-order valence-corrected chi connectivity index (χ1v) is 3.53. The fourth-order valence-corrected chi connectivity index (χ4v) is 1.06. The topological polar surface area (TPSA) is 43.1 Å². The van der Waals surface area contributed by atoms with Gasteiger partial charge in [-0.15, -0.1) is 6.42 Å². The van der Waals surface area contributed by atoms with E-state index in [1.165, 1.54) is 0 Å². The van der Waals surface area contributed by atoms with E-state index in [-0.39, 0.29) is 0 Å². The average Bonchev–Trinajstić information content (AvgIpc) is 2.03. The molecule has 0 bridgehead atoms. The number of carbonyl (C=O) groups excluding carboxylic acids is 1. The van der Waals surface area contributed by atoms with E-state index in [1.54, 1.807) is 12.1 Å². The van der Waals surface area contributed by atoms with Crippen LogP contribution in [0.4, 0.5) is 0 Å². The lowest BCUT2D eigenvalue weighted by Gasteiger charge is -2.02. The predicted octanol–water partition coefficient (Wildman–Crippen LogP) is 1.08. The summed E-state index contributed by atoms with van der Waals surface area (Å²) in [5.41, 5.74) is 7.02. The molecular formula is C10H9NO. The highest BCUT2D eigenvalue weighted by atomic mass is 16.1. The Balaban J connectivity index is 3.40. The van der Waals surface area contributed by atoms with Crippen LogP contribution in [0, 0.1) is 19.3 Å². The number of rotatable bonds is 1. The van der Waals surface area contributed by atoms with E-state index in [2.05, 4.69) is 5.92 Å². The summed E-state index contributed by atoms with van der Waals surface area (Å²) in [6.07, 6.45) is 5.23. The van der Waals surface area contributed by atoms with Gasteiger partial charge in [0.25, 0.3) is 0 Å². The highest BCUT2D eigenvalue weighted by Crippen LogP contribution is 2.11. The number of hydrogen-bond donors (Lipinski definition) is 1. The number of amides is 1. The molecule has 0 aliphatic heterocycles. The molecule has 2 N–H and O–H groups in total. The fourth-order valence-electron chi connectivity index (χ4n) is 1.06. The molecule has 1 amide bonds. The molecule has 1 aromatic carbocycles. The van der Waals surface area contributed by atoms with Crippen molar-refractivity contribution in [2.24, 2.45) is 5.73 Å². The van der Waals surface area contributed by atoms with E-state index in [0.29, 0.717) is 11.1 Å². The maximum Gasteiger partial charge on any atom is 0.249 e. The zero-order valence-corrected chi connectivity index (χ0v) is 6.79. The third-order valence-electron chi connectivity index (χ3n) is 1.68. The minimum Gasteiger partial charge on any atom is -0.366 e. The second-order valence-corrected chi connectivity index (χ2v) is 2.51. The van der Waals surface area contributed by atoms with Crippen molar-refractivity contribution in [2.45, 2.75) is 6.92 Å². The molecule has 0 atom stereocenters. The van der Waals surface area contributed by atoms with Crippen molar-refractivity contribution < 1.29 is 4.79 Å².